The van der Waals surface area contributed by atoms with Crippen molar-refractivity contribution in [1.29, 1.82) is 0 Å². The first-order valence-electron chi connectivity index (χ1n) is 6.29. The average molecular weight is 306 g/mol. The Bertz CT molecular complexity index is 791. The van der Waals surface area contributed by atoms with Crippen LogP contribution in [0.4, 0.5) is 13.2 Å². The second-order valence-electron chi connectivity index (χ2n) is 4.74. The van der Waals surface area contributed by atoms with E-state index in [0.29, 0.717) is 0 Å². The van der Waals surface area contributed by atoms with E-state index in [1.807, 2.05) is 0 Å². The van der Waals surface area contributed by atoms with Gasteiger partial charge in [-0.2, -0.15) is 13.2 Å². The van der Waals surface area contributed by atoms with Gasteiger partial charge >= 0.3 is 6.18 Å². The number of halogens is 3. The second-order valence-corrected chi connectivity index (χ2v) is 4.74. The lowest BCUT2D eigenvalue weighted by Gasteiger charge is -2.07. The number of ketones is 1. The van der Waals surface area contributed by atoms with Crippen LogP contribution < -0.4 is 4.74 Å². The summed E-state index contributed by atoms with van der Waals surface area (Å²) in [6.07, 6.45) is -3.21. The highest BCUT2D eigenvalue weighted by molar-refractivity contribution is 6.14. The average Bonchev–Trinajstić information content (AvgIpc) is 2.74. The van der Waals surface area contributed by atoms with Crippen molar-refractivity contribution in [2.45, 2.75) is 6.18 Å². The third-order valence-electron chi connectivity index (χ3n) is 3.17. The van der Waals surface area contributed by atoms with E-state index in [1.165, 1.54) is 36.4 Å². The molecule has 2 aromatic carbocycles. The molecule has 2 aromatic rings. The Morgan fingerprint density at radius 3 is 2.59 bits per heavy atom. The molecule has 0 bridgehead atoms. The number of carbonyl (C=O) groups excluding carboxylic acids is 1. The number of fused-ring (bicyclic) bond motifs is 1. The van der Waals surface area contributed by atoms with Crippen LogP contribution in [0.5, 0.6) is 11.5 Å². The summed E-state index contributed by atoms with van der Waals surface area (Å²) in [5.41, 5.74) is -0.339. The fourth-order valence-corrected chi connectivity index (χ4v) is 2.13. The number of phenolic OH excluding ortho intramolecular Hbond substituents is 1. The summed E-state index contributed by atoms with van der Waals surface area (Å²) in [7, 11) is 0. The zero-order valence-electron chi connectivity index (χ0n) is 11.0. The Morgan fingerprint density at radius 1 is 1.09 bits per heavy atom. The molecule has 1 aliphatic heterocycles. The standard InChI is InChI=1S/C16H9F3O3/c17-16(18,19)10-3-1-2-9(6-10)7-14-15(21)12-5-4-11(20)8-13(12)22-14/h1-8,20H/b14-7-. The highest BCUT2D eigenvalue weighted by Crippen LogP contribution is 2.35. The number of hydrogen-bond donors (Lipinski definition) is 1. The van der Waals surface area contributed by atoms with E-state index in [4.69, 9.17) is 4.74 Å². The summed E-state index contributed by atoms with van der Waals surface area (Å²) in [6, 6.07) is 8.61. The summed E-state index contributed by atoms with van der Waals surface area (Å²) in [6.45, 7) is 0. The maximum atomic E-state index is 12.7. The van der Waals surface area contributed by atoms with Gasteiger partial charge in [0.1, 0.15) is 11.5 Å². The molecule has 112 valence electrons. The summed E-state index contributed by atoms with van der Waals surface area (Å²) < 4.78 is 43.3. The molecule has 3 rings (SSSR count). The number of ether oxygens (including phenoxy) is 1. The Hall–Kier alpha value is -2.76. The Kier molecular flexibility index (Phi) is 3.16. The van der Waals surface area contributed by atoms with E-state index in [-0.39, 0.29) is 28.4 Å². The molecule has 1 heterocycles. The molecule has 1 N–H and O–H groups in total. The summed E-state index contributed by atoms with van der Waals surface area (Å²) >= 11 is 0. The van der Waals surface area contributed by atoms with Gasteiger partial charge in [0.2, 0.25) is 5.78 Å². The van der Waals surface area contributed by atoms with Crippen LogP contribution >= 0.6 is 0 Å². The molecular formula is C16H9F3O3. The lowest BCUT2D eigenvalue weighted by Crippen LogP contribution is -2.05. The van der Waals surface area contributed by atoms with Gasteiger partial charge in [0.25, 0.3) is 0 Å². The van der Waals surface area contributed by atoms with E-state index < -0.39 is 17.5 Å². The monoisotopic (exact) mass is 306 g/mol. The number of alkyl halides is 3. The van der Waals surface area contributed by atoms with E-state index >= 15 is 0 Å². The van der Waals surface area contributed by atoms with Crippen LogP contribution in [0, 0.1) is 0 Å². The molecule has 0 radical (unpaired) electrons. The van der Waals surface area contributed by atoms with Crippen molar-refractivity contribution in [3.05, 3.63) is 64.9 Å². The largest absolute Gasteiger partial charge is 0.508 e. The second kappa shape index (κ2) is 4.91. The topological polar surface area (TPSA) is 46.5 Å². The van der Waals surface area contributed by atoms with Gasteiger partial charge in [-0.1, -0.05) is 12.1 Å². The summed E-state index contributed by atoms with van der Waals surface area (Å²) in [4.78, 5) is 12.1. The van der Waals surface area contributed by atoms with Crippen molar-refractivity contribution in [3.8, 4) is 11.5 Å². The van der Waals surface area contributed by atoms with Crippen molar-refractivity contribution < 1.29 is 27.8 Å². The van der Waals surface area contributed by atoms with Crippen LogP contribution in [0.2, 0.25) is 0 Å². The molecular weight excluding hydrogens is 297 g/mol. The van der Waals surface area contributed by atoms with Gasteiger partial charge in [0.05, 0.1) is 11.1 Å². The molecule has 6 heteroatoms. The van der Waals surface area contributed by atoms with Crippen LogP contribution in [0.25, 0.3) is 6.08 Å². The normalized spacial score (nSPS) is 15.8. The highest BCUT2D eigenvalue weighted by Gasteiger charge is 2.31. The van der Waals surface area contributed by atoms with Gasteiger partial charge in [-0.15, -0.1) is 0 Å². The molecule has 22 heavy (non-hydrogen) atoms. The maximum absolute atomic E-state index is 12.7. The lowest BCUT2D eigenvalue weighted by atomic mass is 10.1. The predicted molar refractivity (Wildman–Crippen MR) is 72.5 cm³/mol. The first kappa shape index (κ1) is 14.2. The minimum Gasteiger partial charge on any atom is -0.508 e. The van der Waals surface area contributed by atoms with Gasteiger partial charge in [-0.25, -0.2) is 0 Å². The van der Waals surface area contributed by atoms with E-state index in [0.717, 1.165) is 12.1 Å². The van der Waals surface area contributed by atoms with Crippen LogP contribution in [0.15, 0.2) is 48.2 Å². The van der Waals surface area contributed by atoms with Crippen LogP contribution in [0.3, 0.4) is 0 Å². The fourth-order valence-electron chi connectivity index (χ4n) is 2.13. The molecule has 0 atom stereocenters. The quantitative estimate of drug-likeness (QED) is 0.809. The molecule has 1 aliphatic rings. The molecule has 0 spiro atoms. The first-order valence-corrected chi connectivity index (χ1v) is 6.29. The van der Waals surface area contributed by atoms with Crippen molar-refractivity contribution in [2.24, 2.45) is 0 Å². The fraction of sp³-hybridized carbons (Fsp3) is 0.0625. The number of Topliss-reactive ketones (excluding diaryl/α,β-unsaturated/α-hetero) is 1. The third-order valence-corrected chi connectivity index (χ3v) is 3.17. The number of hydrogen-bond acceptors (Lipinski definition) is 3. The van der Waals surface area contributed by atoms with E-state index in [1.54, 1.807) is 0 Å². The van der Waals surface area contributed by atoms with Gasteiger partial charge in [0, 0.05) is 6.07 Å². The van der Waals surface area contributed by atoms with Gasteiger partial charge in [-0.3, -0.25) is 4.79 Å². The van der Waals surface area contributed by atoms with Gasteiger partial charge < -0.3 is 9.84 Å². The number of benzene rings is 2. The maximum Gasteiger partial charge on any atom is 0.416 e. The number of carbonyl (C=O) groups is 1. The number of allylic oxidation sites excluding steroid dienone is 1. The van der Waals surface area contributed by atoms with Crippen LogP contribution in [0.1, 0.15) is 21.5 Å². The number of aromatic hydroxyl groups is 1. The Labute approximate surface area is 123 Å². The van der Waals surface area contributed by atoms with Gasteiger partial charge in [0.15, 0.2) is 5.76 Å². The molecule has 3 nitrogen and oxygen atoms in total. The number of phenols is 1. The van der Waals surface area contributed by atoms with E-state index in [2.05, 4.69) is 0 Å². The Balaban J connectivity index is 1.96. The Morgan fingerprint density at radius 2 is 1.86 bits per heavy atom. The first-order chi connectivity index (χ1) is 10.3. The minimum absolute atomic E-state index is 0.0631. The third kappa shape index (κ3) is 2.55. The minimum atomic E-state index is -4.45. The molecule has 0 aliphatic carbocycles. The predicted octanol–water partition coefficient (Wildman–Crippen LogP) is 4.03. The zero-order chi connectivity index (χ0) is 15.9. The smallest absolute Gasteiger partial charge is 0.416 e. The molecule has 0 saturated carbocycles. The number of rotatable bonds is 1. The molecule has 0 fully saturated rings. The van der Waals surface area contributed by atoms with Crippen molar-refractivity contribution in [2.75, 3.05) is 0 Å². The van der Waals surface area contributed by atoms with Crippen molar-refractivity contribution in [1.82, 2.24) is 0 Å². The zero-order valence-corrected chi connectivity index (χ0v) is 11.0. The molecule has 0 aromatic heterocycles. The molecule has 0 unspecified atom stereocenters. The lowest BCUT2D eigenvalue weighted by molar-refractivity contribution is -0.137. The van der Waals surface area contributed by atoms with Crippen molar-refractivity contribution in [3.63, 3.8) is 0 Å². The van der Waals surface area contributed by atoms with E-state index in [9.17, 15) is 23.1 Å². The van der Waals surface area contributed by atoms with Crippen molar-refractivity contribution >= 4 is 11.9 Å². The van der Waals surface area contributed by atoms with Crippen LogP contribution in [-0.4, -0.2) is 10.9 Å². The molecule has 0 amide bonds. The van der Waals surface area contributed by atoms with Gasteiger partial charge in [-0.05, 0) is 35.9 Å². The molecule has 0 saturated heterocycles. The SMILES string of the molecule is O=C1/C(=C/c2cccc(C(F)(F)F)c2)Oc2cc(O)ccc21. The van der Waals surface area contributed by atoms with Crippen LogP contribution in [-0.2, 0) is 6.18 Å². The summed E-state index contributed by atoms with van der Waals surface area (Å²) in [5.74, 6) is -0.401. The summed E-state index contributed by atoms with van der Waals surface area (Å²) in [5, 5.41) is 9.35. The highest BCUT2D eigenvalue weighted by atomic mass is 19.4.